The minimum absolute atomic E-state index is 0.104. The highest BCUT2D eigenvalue weighted by atomic mass is 32.2. The Balaban J connectivity index is 1.39. The Kier molecular flexibility index (Phi) is 11.6. The van der Waals surface area contributed by atoms with Crippen LogP contribution in [-0.2, 0) is 9.59 Å². The third-order valence-electron chi connectivity index (χ3n) is 6.30. The van der Waals surface area contributed by atoms with Crippen LogP contribution < -0.4 is 20.7 Å². The molecular formula is C35H35N3O4S. The van der Waals surface area contributed by atoms with Gasteiger partial charge in [0, 0.05) is 21.8 Å². The number of nitrogens with one attached hydrogen (secondary N) is 3. The number of carbonyl (C=O) groups is 3. The molecule has 0 aliphatic carbocycles. The lowest BCUT2D eigenvalue weighted by Gasteiger charge is -2.14. The first kappa shape index (κ1) is 31.1. The van der Waals surface area contributed by atoms with Gasteiger partial charge in [-0.1, -0.05) is 67.9 Å². The van der Waals surface area contributed by atoms with Crippen molar-refractivity contribution in [2.24, 2.45) is 0 Å². The summed E-state index contributed by atoms with van der Waals surface area (Å²) < 4.78 is 5.68. The first-order valence-corrected chi connectivity index (χ1v) is 15.0. The summed E-state index contributed by atoms with van der Waals surface area (Å²) in [5.74, 6) is -0.228. The summed E-state index contributed by atoms with van der Waals surface area (Å²) in [5, 5.41) is 8.17. The Hall–Kier alpha value is -4.82. The average Bonchev–Trinajstić information content (AvgIpc) is 3.02. The Morgan fingerprint density at radius 3 is 2.21 bits per heavy atom. The van der Waals surface area contributed by atoms with Crippen molar-refractivity contribution in [3.63, 3.8) is 0 Å². The second kappa shape index (κ2) is 16.0. The van der Waals surface area contributed by atoms with Gasteiger partial charge in [-0.2, -0.15) is 0 Å². The molecule has 0 aromatic heterocycles. The number of thioether (sulfide) groups is 1. The predicted molar refractivity (Wildman–Crippen MR) is 174 cm³/mol. The van der Waals surface area contributed by atoms with Gasteiger partial charge in [-0.25, -0.2) is 0 Å². The van der Waals surface area contributed by atoms with E-state index in [0.717, 1.165) is 29.1 Å². The summed E-state index contributed by atoms with van der Waals surface area (Å²) in [7, 11) is 0. The lowest BCUT2D eigenvalue weighted by molar-refractivity contribution is -0.115. The van der Waals surface area contributed by atoms with Gasteiger partial charge in [-0.15, -0.1) is 11.8 Å². The monoisotopic (exact) mass is 593 g/mol. The predicted octanol–water partition coefficient (Wildman–Crippen LogP) is 7.39. The number of ether oxygens (including phenoxy) is 1. The summed E-state index contributed by atoms with van der Waals surface area (Å²) in [6.45, 7) is 4.61. The summed E-state index contributed by atoms with van der Waals surface area (Å²) >= 11 is 1.38. The highest BCUT2D eigenvalue weighted by Gasteiger charge is 2.17. The summed E-state index contributed by atoms with van der Waals surface area (Å²) in [4.78, 5) is 39.9. The SMILES string of the molecule is CCCCOc1ccc(NC(=O)C(C)Sc2cccc(NC(=O)/C(=C/c3ccccc3)NC(=O)c3ccccc3)c2)cc1. The molecule has 4 aromatic carbocycles. The number of amides is 3. The van der Waals surface area contributed by atoms with Crippen LogP contribution in [0.25, 0.3) is 6.08 Å². The lowest BCUT2D eigenvalue weighted by atomic mass is 10.1. The van der Waals surface area contributed by atoms with E-state index < -0.39 is 11.2 Å². The minimum Gasteiger partial charge on any atom is -0.494 e. The molecule has 0 saturated carbocycles. The van der Waals surface area contributed by atoms with Gasteiger partial charge in [-0.3, -0.25) is 14.4 Å². The van der Waals surface area contributed by atoms with Gasteiger partial charge in [0.2, 0.25) is 5.91 Å². The molecule has 43 heavy (non-hydrogen) atoms. The fourth-order valence-electron chi connectivity index (χ4n) is 3.97. The topological polar surface area (TPSA) is 96.5 Å². The van der Waals surface area contributed by atoms with Gasteiger partial charge in [0.15, 0.2) is 0 Å². The van der Waals surface area contributed by atoms with Crippen molar-refractivity contribution in [3.05, 3.63) is 126 Å². The van der Waals surface area contributed by atoms with E-state index in [4.69, 9.17) is 4.74 Å². The molecule has 0 radical (unpaired) electrons. The largest absolute Gasteiger partial charge is 0.494 e. The molecule has 0 spiro atoms. The van der Waals surface area contributed by atoms with Crippen LogP contribution >= 0.6 is 11.8 Å². The number of hydrogen-bond acceptors (Lipinski definition) is 5. The van der Waals surface area contributed by atoms with Crippen LogP contribution in [0.4, 0.5) is 11.4 Å². The molecule has 0 fully saturated rings. The maximum absolute atomic E-state index is 13.4. The van der Waals surface area contributed by atoms with Gasteiger partial charge in [0.25, 0.3) is 11.8 Å². The number of carbonyl (C=O) groups excluding carboxylic acids is 3. The van der Waals surface area contributed by atoms with Crippen molar-refractivity contribution in [3.8, 4) is 5.75 Å². The Morgan fingerprint density at radius 2 is 1.51 bits per heavy atom. The number of rotatable bonds is 13. The van der Waals surface area contributed by atoms with E-state index in [0.29, 0.717) is 23.5 Å². The molecule has 0 aliphatic rings. The van der Waals surface area contributed by atoms with Crippen molar-refractivity contribution < 1.29 is 19.1 Å². The zero-order valence-corrected chi connectivity index (χ0v) is 25.0. The van der Waals surface area contributed by atoms with Crippen LogP contribution in [0.2, 0.25) is 0 Å². The van der Waals surface area contributed by atoms with E-state index >= 15 is 0 Å². The fraction of sp³-hybridized carbons (Fsp3) is 0.171. The summed E-state index contributed by atoms with van der Waals surface area (Å²) in [5.41, 5.74) is 2.54. The van der Waals surface area contributed by atoms with Crippen molar-refractivity contribution in [2.45, 2.75) is 36.8 Å². The van der Waals surface area contributed by atoms with Crippen molar-refractivity contribution in [2.75, 3.05) is 17.2 Å². The molecule has 3 amide bonds. The number of hydrogen-bond donors (Lipinski definition) is 3. The van der Waals surface area contributed by atoms with E-state index in [1.54, 1.807) is 42.5 Å². The standard InChI is InChI=1S/C35H35N3O4S/c1-3-4-22-42-30-20-18-28(19-21-30)36-33(39)25(2)43-31-17-11-16-29(24-31)37-35(41)32(23-26-12-7-5-8-13-26)38-34(40)27-14-9-6-10-15-27/h5-21,23-25H,3-4,22H2,1-2H3,(H,36,39)(H,37,41)(H,38,40)/b32-23-. The second-order valence-corrected chi connectivity index (χ2v) is 11.2. The average molecular weight is 594 g/mol. The highest BCUT2D eigenvalue weighted by Crippen LogP contribution is 2.27. The van der Waals surface area contributed by atoms with Crippen molar-refractivity contribution in [1.82, 2.24) is 5.32 Å². The fourth-order valence-corrected chi connectivity index (χ4v) is 4.90. The Morgan fingerprint density at radius 1 is 0.814 bits per heavy atom. The molecule has 3 N–H and O–H groups in total. The molecule has 0 bridgehead atoms. The van der Waals surface area contributed by atoms with Gasteiger partial charge in [0.05, 0.1) is 11.9 Å². The number of unbranched alkanes of at least 4 members (excludes halogenated alkanes) is 1. The molecule has 1 unspecified atom stereocenters. The maximum atomic E-state index is 13.4. The molecule has 220 valence electrons. The van der Waals surface area contributed by atoms with Gasteiger partial charge < -0.3 is 20.7 Å². The molecule has 0 aliphatic heterocycles. The van der Waals surface area contributed by atoms with E-state index in [9.17, 15) is 14.4 Å². The first-order valence-electron chi connectivity index (χ1n) is 14.2. The van der Waals surface area contributed by atoms with Crippen molar-refractivity contribution >= 4 is 46.9 Å². The van der Waals surface area contributed by atoms with Gasteiger partial charge in [-0.05, 0) is 79.6 Å². The van der Waals surface area contributed by atoms with Crippen LogP contribution in [0.5, 0.6) is 5.75 Å². The third-order valence-corrected chi connectivity index (χ3v) is 7.40. The number of anilines is 2. The molecule has 0 saturated heterocycles. The van der Waals surface area contributed by atoms with Crippen LogP contribution in [-0.4, -0.2) is 29.6 Å². The van der Waals surface area contributed by atoms with E-state index in [1.165, 1.54) is 11.8 Å². The quantitative estimate of drug-likeness (QED) is 0.0853. The van der Waals surface area contributed by atoms with Gasteiger partial charge >= 0.3 is 0 Å². The zero-order chi connectivity index (χ0) is 30.4. The highest BCUT2D eigenvalue weighted by molar-refractivity contribution is 8.00. The second-order valence-electron chi connectivity index (χ2n) is 9.75. The normalized spacial score (nSPS) is 11.7. The molecule has 1 atom stereocenters. The van der Waals surface area contributed by atoms with E-state index in [-0.39, 0.29) is 17.5 Å². The van der Waals surface area contributed by atoms with E-state index in [1.807, 2.05) is 79.7 Å². The molecule has 7 nitrogen and oxygen atoms in total. The van der Waals surface area contributed by atoms with Crippen LogP contribution in [0, 0.1) is 0 Å². The maximum Gasteiger partial charge on any atom is 0.272 e. The Labute approximate surface area is 256 Å². The lowest BCUT2D eigenvalue weighted by Crippen LogP contribution is -2.30. The number of benzene rings is 4. The summed E-state index contributed by atoms with van der Waals surface area (Å²) in [6.07, 6.45) is 3.69. The zero-order valence-electron chi connectivity index (χ0n) is 24.2. The molecule has 4 aromatic rings. The first-order chi connectivity index (χ1) is 20.9. The van der Waals surface area contributed by atoms with Crippen LogP contribution in [0.15, 0.2) is 120 Å². The van der Waals surface area contributed by atoms with Gasteiger partial charge in [0.1, 0.15) is 11.4 Å². The molecule has 0 heterocycles. The summed E-state index contributed by atoms with van der Waals surface area (Å²) in [6, 6.07) is 32.6. The molecule has 4 rings (SSSR count). The smallest absolute Gasteiger partial charge is 0.272 e. The molecular weight excluding hydrogens is 558 g/mol. The van der Waals surface area contributed by atoms with Crippen LogP contribution in [0.1, 0.15) is 42.6 Å². The molecule has 8 heteroatoms. The van der Waals surface area contributed by atoms with Crippen LogP contribution in [0.3, 0.4) is 0 Å². The Bertz CT molecular complexity index is 1540. The third kappa shape index (κ3) is 9.90. The van der Waals surface area contributed by atoms with Crippen molar-refractivity contribution in [1.29, 1.82) is 0 Å². The van der Waals surface area contributed by atoms with E-state index in [2.05, 4.69) is 22.9 Å². The minimum atomic E-state index is -0.469.